The molecule has 0 radical (unpaired) electrons. The number of methoxy groups -OCH3 is 1. The van der Waals surface area contributed by atoms with Crippen LogP contribution in [0.2, 0.25) is 0 Å². The van der Waals surface area contributed by atoms with Crippen LogP contribution in [0.15, 0.2) is 12.3 Å². The Balaban J connectivity index is 2.40. The van der Waals surface area contributed by atoms with Crippen LogP contribution >= 0.6 is 0 Å². The van der Waals surface area contributed by atoms with E-state index in [9.17, 15) is 14.9 Å². The van der Waals surface area contributed by atoms with Crippen LogP contribution in [0.3, 0.4) is 0 Å². The highest BCUT2D eigenvalue weighted by Crippen LogP contribution is 2.36. The second-order valence-corrected chi connectivity index (χ2v) is 5.93. The Morgan fingerprint density at radius 3 is 2.57 bits per heavy atom. The number of piperidine rings is 1. The minimum absolute atomic E-state index is 0.0580. The molecule has 2 heterocycles. The molecule has 1 fully saturated rings. The summed E-state index contributed by atoms with van der Waals surface area (Å²) in [6.45, 7) is 5.73. The molecule has 0 saturated carbocycles. The highest BCUT2D eigenvalue weighted by Gasteiger charge is 2.33. The van der Waals surface area contributed by atoms with Gasteiger partial charge in [-0.2, -0.15) is 0 Å². The minimum Gasteiger partial charge on any atom is -0.465 e. The van der Waals surface area contributed by atoms with Crippen molar-refractivity contribution in [3.63, 3.8) is 0 Å². The monoisotopic (exact) mass is 293 g/mol. The molecule has 114 valence electrons. The minimum atomic E-state index is -0.720. The van der Waals surface area contributed by atoms with E-state index in [2.05, 4.69) is 23.6 Å². The summed E-state index contributed by atoms with van der Waals surface area (Å²) < 4.78 is 4.61. The van der Waals surface area contributed by atoms with Crippen LogP contribution in [0.25, 0.3) is 0 Å². The Morgan fingerprint density at radius 2 is 2.05 bits per heavy atom. The van der Waals surface area contributed by atoms with Crippen LogP contribution in [0, 0.1) is 15.5 Å². The predicted molar refractivity (Wildman–Crippen MR) is 77.5 cm³/mol. The molecule has 2 rings (SSSR count). The first-order valence-corrected chi connectivity index (χ1v) is 6.82. The third kappa shape index (κ3) is 3.12. The average molecular weight is 293 g/mol. The summed E-state index contributed by atoms with van der Waals surface area (Å²) in [5, 5.41) is 11.4. The number of esters is 1. The van der Waals surface area contributed by atoms with Gasteiger partial charge in [-0.05, 0) is 24.3 Å². The van der Waals surface area contributed by atoms with Crippen LogP contribution in [0.4, 0.5) is 11.5 Å². The quantitative estimate of drug-likeness (QED) is 0.483. The van der Waals surface area contributed by atoms with E-state index in [1.165, 1.54) is 19.4 Å². The van der Waals surface area contributed by atoms with Gasteiger partial charge in [0.25, 0.3) is 0 Å². The predicted octanol–water partition coefficient (Wildman–Crippen LogP) is 2.40. The van der Waals surface area contributed by atoms with Crippen LogP contribution < -0.4 is 4.90 Å². The lowest BCUT2D eigenvalue weighted by molar-refractivity contribution is -0.384. The van der Waals surface area contributed by atoms with Gasteiger partial charge in [-0.15, -0.1) is 0 Å². The Bertz CT molecular complexity index is 561. The third-order valence-electron chi connectivity index (χ3n) is 3.91. The summed E-state index contributed by atoms with van der Waals surface area (Å²) in [6.07, 6.45) is 3.26. The standard InChI is InChI=1S/C14H19N3O4/c1-14(2)5-8-16(9-6-14)12-11(17(19)20)10(4-7-15-12)13(18)21-3/h4,7H,5-6,8-9H2,1-3H3. The molecule has 7 heteroatoms. The number of hydrogen-bond donors (Lipinski definition) is 0. The summed E-state index contributed by atoms with van der Waals surface area (Å²) in [6, 6.07) is 1.32. The number of carbonyl (C=O) groups is 1. The smallest absolute Gasteiger partial charge is 0.345 e. The van der Waals surface area contributed by atoms with Crippen LogP contribution in [-0.4, -0.2) is 36.1 Å². The van der Waals surface area contributed by atoms with Crippen molar-refractivity contribution < 1.29 is 14.5 Å². The van der Waals surface area contributed by atoms with Crippen molar-refractivity contribution in [3.8, 4) is 0 Å². The molecule has 0 atom stereocenters. The van der Waals surface area contributed by atoms with E-state index in [0.717, 1.165) is 12.8 Å². The Kier molecular flexibility index (Phi) is 4.11. The highest BCUT2D eigenvalue weighted by atomic mass is 16.6. The van der Waals surface area contributed by atoms with Gasteiger partial charge < -0.3 is 9.64 Å². The maximum absolute atomic E-state index is 11.7. The largest absolute Gasteiger partial charge is 0.465 e. The maximum atomic E-state index is 11.7. The lowest BCUT2D eigenvalue weighted by Gasteiger charge is -2.37. The van der Waals surface area contributed by atoms with E-state index in [-0.39, 0.29) is 22.5 Å². The molecular formula is C14H19N3O4. The van der Waals surface area contributed by atoms with Gasteiger partial charge in [-0.25, -0.2) is 9.78 Å². The molecule has 0 aliphatic carbocycles. The van der Waals surface area contributed by atoms with Crippen molar-refractivity contribution in [2.75, 3.05) is 25.1 Å². The van der Waals surface area contributed by atoms with E-state index in [4.69, 9.17) is 0 Å². The van der Waals surface area contributed by atoms with Gasteiger partial charge in [0.05, 0.1) is 12.0 Å². The zero-order valence-corrected chi connectivity index (χ0v) is 12.5. The molecule has 0 spiro atoms. The molecule has 0 amide bonds. The average Bonchev–Trinajstić information content (AvgIpc) is 2.45. The normalized spacial score (nSPS) is 17.4. The molecule has 1 aromatic rings. The van der Waals surface area contributed by atoms with Crippen LogP contribution in [0.1, 0.15) is 37.0 Å². The number of rotatable bonds is 3. The lowest BCUT2D eigenvalue weighted by Crippen LogP contribution is -2.38. The SMILES string of the molecule is COC(=O)c1ccnc(N2CCC(C)(C)CC2)c1[N+](=O)[O-]. The fourth-order valence-corrected chi connectivity index (χ4v) is 2.45. The Labute approximate surface area is 123 Å². The highest BCUT2D eigenvalue weighted by molar-refractivity contribution is 5.96. The van der Waals surface area contributed by atoms with Crippen molar-refractivity contribution >= 4 is 17.5 Å². The number of nitro groups is 1. The number of hydrogen-bond acceptors (Lipinski definition) is 6. The van der Waals surface area contributed by atoms with E-state index < -0.39 is 10.9 Å². The summed E-state index contributed by atoms with van der Waals surface area (Å²) in [5.74, 6) is -0.471. The maximum Gasteiger partial charge on any atom is 0.345 e. The first-order valence-electron chi connectivity index (χ1n) is 6.82. The molecule has 0 aromatic carbocycles. The molecule has 0 N–H and O–H groups in total. The number of carbonyl (C=O) groups excluding carboxylic acids is 1. The summed E-state index contributed by atoms with van der Waals surface area (Å²) in [7, 11) is 1.20. The summed E-state index contributed by atoms with van der Waals surface area (Å²) in [4.78, 5) is 28.5. The zero-order valence-electron chi connectivity index (χ0n) is 12.5. The van der Waals surface area contributed by atoms with Gasteiger partial charge in [0, 0.05) is 19.3 Å². The lowest BCUT2D eigenvalue weighted by atomic mass is 9.82. The molecule has 1 saturated heterocycles. The number of anilines is 1. The molecule has 21 heavy (non-hydrogen) atoms. The Morgan fingerprint density at radius 1 is 1.43 bits per heavy atom. The van der Waals surface area contributed by atoms with Gasteiger partial charge in [-0.1, -0.05) is 13.8 Å². The molecule has 1 aliphatic rings. The van der Waals surface area contributed by atoms with Gasteiger partial charge in [0.1, 0.15) is 5.56 Å². The van der Waals surface area contributed by atoms with Crippen molar-refractivity contribution in [3.05, 3.63) is 27.9 Å². The van der Waals surface area contributed by atoms with Crippen LogP contribution in [0.5, 0.6) is 0 Å². The van der Waals surface area contributed by atoms with Crippen molar-refractivity contribution in [1.29, 1.82) is 0 Å². The molecule has 7 nitrogen and oxygen atoms in total. The van der Waals surface area contributed by atoms with Gasteiger partial charge in [0.15, 0.2) is 0 Å². The van der Waals surface area contributed by atoms with Gasteiger partial charge in [-0.3, -0.25) is 10.1 Å². The molecule has 0 bridgehead atoms. The fraction of sp³-hybridized carbons (Fsp3) is 0.571. The molecule has 0 unspecified atom stereocenters. The number of ether oxygens (including phenoxy) is 1. The van der Waals surface area contributed by atoms with Crippen molar-refractivity contribution in [1.82, 2.24) is 4.98 Å². The summed E-state index contributed by atoms with van der Waals surface area (Å²) >= 11 is 0. The van der Waals surface area contributed by atoms with Crippen molar-refractivity contribution in [2.24, 2.45) is 5.41 Å². The zero-order chi connectivity index (χ0) is 15.6. The number of aromatic nitrogens is 1. The molecule has 1 aromatic heterocycles. The van der Waals surface area contributed by atoms with E-state index in [1.807, 2.05) is 4.90 Å². The second-order valence-electron chi connectivity index (χ2n) is 5.93. The fourth-order valence-electron chi connectivity index (χ4n) is 2.45. The second kappa shape index (κ2) is 5.67. The Hall–Kier alpha value is -2.18. The first kappa shape index (κ1) is 15.2. The van der Waals surface area contributed by atoms with Crippen molar-refractivity contribution in [2.45, 2.75) is 26.7 Å². The van der Waals surface area contributed by atoms with E-state index >= 15 is 0 Å². The van der Waals surface area contributed by atoms with Crippen LogP contribution in [-0.2, 0) is 4.74 Å². The number of pyridine rings is 1. The number of nitrogens with zero attached hydrogens (tertiary/aromatic N) is 3. The molecule has 1 aliphatic heterocycles. The third-order valence-corrected chi connectivity index (χ3v) is 3.91. The van der Waals surface area contributed by atoms with Gasteiger partial charge >= 0.3 is 11.7 Å². The van der Waals surface area contributed by atoms with Gasteiger partial charge in [0.2, 0.25) is 5.82 Å². The van der Waals surface area contributed by atoms with E-state index in [0.29, 0.717) is 13.1 Å². The van der Waals surface area contributed by atoms with E-state index in [1.54, 1.807) is 0 Å². The first-order chi connectivity index (χ1) is 9.85. The topological polar surface area (TPSA) is 85.6 Å². The molecular weight excluding hydrogens is 274 g/mol. The summed E-state index contributed by atoms with van der Waals surface area (Å²) in [5.41, 5.74) is -0.105.